The van der Waals surface area contributed by atoms with Crippen molar-refractivity contribution < 1.29 is 4.74 Å². The second-order valence-electron chi connectivity index (χ2n) is 4.57. The summed E-state index contributed by atoms with van der Waals surface area (Å²) in [7, 11) is 1.74. The van der Waals surface area contributed by atoms with Crippen molar-refractivity contribution in [2.75, 3.05) is 13.7 Å². The molecule has 92 valence electrons. The van der Waals surface area contributed by atoms with E-state index in [0.29, 0.717) is 0 Å². The Kier molecular flexibility index (Phi) is 3.03. The van der Waals surface area contributed by atoms with E-state index >= 15 is 0 Å². The summed E-state index contributed by atoms with van der Waals surface area (Å²) in [4.78, 5) is 0. The Morgan fingerprint density at radius 3 is 2.67 bits per heavy atom. The lowest BCUT2D eigenvalue weighted by Crippen LogP contribution is -2.24. The maximum atomic E-state index is 5.54. The van der Waals surface area contributed by atoms with Crippen LogP contribution in [0.4, 0.5) is 0 Å². The van der Waals surface area contributed by atoms with Crippen molar-refractivity contribution in [3.63, 3.8) is 0 Å². The molecular formula is C16H17NO. The molecule has 1 aliphatic heterocycles. The third kappa shape index (κ3) is 1.89. The van der Waals surface area contributed by atoms with Crippen LogP contribution in [0, 0.1) is 0 Å². The molecule has 0 aliphatic carbocycles. The zero-order valence-electron chi connectivity index (χ0n) is 10.6. The van der Waals surface area contributed by atoms with E-state index in [1.54, 1.807) is 7.11 Å². The lowest BCUT2D eigenvalue weighted by Gasteiger charge is -2.22. The number of rotatable bonds is 2. The van der Waals surface area contributed by atoms with Gasteiger partial charge in [-0.2, -0.15) is 0 Å². The lowest BCUT2D eigenvalue weighted by atomic mass is 9.91. The van der Waals surface area contributed by atoms with E-state index in [1.807, 2.05) is 6.07 Å². The van der Waals surface area contributed by atoms with Crippen LogP contribution in [0.25, 0.3) is 11.1 Å². The maximum absolute atomic E-state index is 5.54. The average Bonchev–Trinajstić information content (AvgIpc) is 2.47. The van der Waals surface area contributed by atoms with Crippen LogP contribution in [0.2, 0.25) is 0 Å². The minimum absolute atomic E-state index is 0.927. The van der Waals surface area contributed by atoms with Crippen LogP contribution in [0.3, 0.4) is 0 Å². The Bertz CT molecular complexity index is 549. The second-order valence-corrected chi connectivity index (χ2v) is 4.57. The van der Waals surface area contributed by atoms with Crippen LogP contribution in [-0.4, -0.2) is 13.7 Å². The first-order chi connectivity index (χ1) is 8.90. The molecule has 2 nitrogen and oxygen atoms in total. The maximum Gasteiger partial charge on any atom is 0.127 e. The summed E-state index contributed by atoms with van der Waals surface area (Å²) in [6.07, 6.45) is 1.10. The third-order valence-electron chi connectivity index (χ3n) is 3.53. The molecule has 0 radical (unpaired) electrons. The van der Waals surface area contributed by atoms with Gasteiger partial charge in [0.15, 0.2) is 0 Å². The van der Waals surface area contributed by atoms with Gasteiger partial charge in [-0.15, -0.1) is 0 Å². The Labute approximate surface area is 108 Å². The van der Waals surface area contributed by atoms with E-state index in [-0.39, 0.29) is 0 Å². The summed E-state index contributed by atoms with van der Waals surface area (Å²) in [6.45, 7) is 1.99. The fraction of sp³-hybridized carbons (Fsp3) is 0.250. The van der Waals surface area contributed by atoms with Gasteiger partial charge >= 0.3 is 0 Å². The summed E-state index contributed by atoms with van der Waals surface area (Å²) >= 11 is 0. The van der Waals surface area contributed by atoms with E-state index in [0.717, 1.165) is 25.3 Å². The van der Waals surface area contributed by atoms with Crippen LogP contribution in [-0.2, 0) is 13.0 Å². The molecule has 2 aromatic carbocycles. The summed E-state index contributed by atoms with van der Waals surface area (Å²) in [5.41, 5.74) is 5.29. The molecule has 0 fully saturated rings. The first kappa shape index (κ1) is 11.3. The smallest absolute Gasteiger partial charge is 0.127 e. The third-order valence-corrected chi connectivity index (χ3v) is 3.53. The summed E-state index contributed by atoms with van der Waals surface area (Å²) in [5, 5.41) is 3.45. The molecule has 3 rings (SSSR count). The highest BCUT2D eigenvalue weighted by Gasteiger charge is 2.17. The van der Waals surface area contributed by atoms with E-state index in [2.05, 4.69) is 41.7 Å². The topological polar surface area (TPSA) is 21.3 Å². The monoisotopic (exact) mass is 239 g/mol. The number of ether oxygens (including phenoxy) is 1. The number of benzene rings is 2. The van der Waals surface area contributed by atoms with E-state index in [4.69, 9.17) is 4.74 Å². The molecule has 1 aliphatic rings. The van der Waals surface area contributed by atoms with Crippen molar-refractivity contribution in [3.05, 3.63) is 53.6 Å². The number of hydrogen-bond acceptors (Lipinski definition) is 2. The van der Waals surface area contributed by atoms with Crippen molar-refractivity contribution in [1.29, 1.82) is 0 Å². The molecule has 0 saturated heterocycles. The standard InChI is InChI=1S/C16H17NO/c1-18-15-8-7-12-9-10-17-11-14(12)16(15)13-5-3-2-4-6-13/h2-8,17H,9-11H2,1H3. The highest BCUT2D eigenvalue weighted by atomic mass is 16.5. The largest absolute Gasteiger partial charge is 0.496 e. The van der Waals surface area contributed by atoms with Crippen molar-refractivity contribution in [2.24, 2.45) is 0 Å². The van der Waals surface area contributed by atoms with Gasteiger partial charge in [-0.05, 0) is 35.7 Å². The summed E-state index contributed by atoms with van der Waals surface area (Å²) in [6, 6.07) is 14.8. The molecule has 0 unspecified atom stereocenters. The minimum atomic E-state index is 0.927. The van der Waals surface area contributed by atoms with Crippen molar-refractivity contribution in [2.45, 2.75) is 13.0 Å². The molecule has 18 heavy (non-hydrogen) atoms. The molecule has 1 N–H and O–H groups in total. The first-order valence-corrected chi connectivity index (χ1v) is 6.35. The van der Waals surface area contributed by atoms with Crippen molar-refractivity contribution in [3.8, 4) is 16.9 Å². The SMILES string of the molecule is COc1ccc2c(c1-c1ccccc1)CNCC2. The predicted molar refractivity (Wildman–Crippen MR) is 73.8 cm³/mol. The number of fused-ring (bicyclic) bond motifs is 1. The minimum Gasteiger partial charge on any atom is -0.496 e. The Morgan fingerprint density at radius 2 is 1.89 bits per heavy atom. The van der Waals surface area contributed by atoms with Gasteiger partial charge in [0.05, 0.1) is 7.11 Å². The molecule has 0 bridgehead atoms. The van der Waals surface area contributed by atoms with Gasteiger partial charge in [0.1, 0.15) is 5.75 Å². The molecule has 0 aromatic heterocycles. The van der Waals surface area contributed by atoms with Crippen LogP contribution in [0.15, 0.2) is 42.5 Å². The fourth-order valence-corrected chi connectivity index (χ4v) is 2.63. The van der Waals surface area contributed by atoms with Gasteiger partial charge in [-0.1, -0.05) is 36.4 Å². The first-order valence-electron chi connectivity index (χ1n) is 6.35. The molecule has 1 heterocycles. The normalized spacial score (nSPS) is 14.1. The highest BCUT2D eigenvalue weighted by Crippen LogP contribution is 2.36. The van der Waals surface area contributed by atoms with Gasteiger partial charge in [0.25, 0.3) is 0 Å². The highest BCUT2D eigenvalue weighted by molar-refractivity contribution is 5.75. The van der Waals surface area contributed by atoms with Crippen molar-refractivity contribution >= 4 is 0 Å². The quantitative estimate of drug-likeness (QED) is 0.869. The van der Waals surface area contributed by atoms with Crippen LogP contribution >= 0.6 is 0 Å². The van der Waals surface area contributed by atoms with Crippen LogP contribution in [0.1, 0.15) is 11.1 Å². The molecule has 0 saturated carbocycles. The molecular weight excluding hydrogens is 222 g/mol. The Morgan fingerprint density at radius 1 is 1.06 bits per heavy atom. The fourth-order valence-electron chi connectivity index (χ4n) is 2.63. The number of hydrogen-bond donors (Lipinski definition) is 1. The predicted octanol–water partition coefficient (Wildman–Crippen LogP) is 3.01. The van der Waals surface area contributed by atoms with Gasteiger partial charge in [0, 0.05) is 12.1 Å². The Balaban J connectivity index is 2.22. The van der Waals surface area contributed by atoms with E-state index in [1.165, 1.54) is 22.3 Å². The van der Waals surface area contributed by atoms with Gasteiger partial charge in [-0.25, -0.2) is 0 Å². The molecule has 2 aromatic rings. The van der Waals surface area contributed by atoms with Gasteiger partial charge in [-0.3, -0.25) is 0 Å². The summed E-state index contributed by atoms with van der Waals surface area (Å²) in [5.74, 6) is 0.962. The van der Waals surface area contributed by atoms with Crippen LogP contribution < -0.4 is 10.1 Å². The summed E-state index contributed by atoms with van der Waals surface area (Å²) < 4.78 is 5.54. The lowest BCUT2D eigenvalue weighted by molar-refractivity contribution is 0.415. The van der Waals surface area contributed by atoms with Gasteiger partial charge < -0.3 is 10.1 Å². The van der Waals surface area contributed by atoms with Gasteiger partial charge in [0.2, 0.25) is 0 Å². The average molecular weight is 239 g/mol. The molecule has 0 spiro atoms. The molecule has 0 amide bonds. The number of methoxy groups -OCH3 is 1. The zero-order valence-corrected chi connectivity index (χ0v) is 10.6. The molecule has 0 atom stereocenters. The zero-order chi connectivity index (χ0) is 12.4. The van der Waals surface area contributed by atoms with E-state index in [9.17, 15) is 0 Å². The Hall–Kier alpha value is -1.80. The van der Waals surface area contributed by atoms with E-state index < -0.39 is 0 Å². The second kappa shape index (κ2) is 4.83. The number of nitrogens with one attached hydrogen (secondary N) is 1. The van der Waals surface area contributed by atoms with Crippen LogP contribution in [0.5, 0.6) is 5.75 Å². The van der Waals surface area contributed by atoms with Crippen molar-refractivity contribution in [1.82, 2.24) is 5.32 Å². The molecule has 2 heteroatoms.